The predicted octanol–water partition coefficient (Wildman–Crippen LogP) is 2.16. The van der Waals surface area contributed by atoms with Crippen LogP contribution in [0.2, 0.25) is 0 Å². The van der Waals surface area contributed by atoms with Crippen molar-refractivity contribution in [3.63, 3.8) is 0 Å². The number of carbonyl (C=O) groups is 1. The first-order chi connectivity index (χ1) is 14.5. The fourth-order valence-corrected chi connectivity index (χ4v) is 4.88. The number of aromatic nitrogens is 2. The molecule has 1 aromatic heterocycles. The highest BCUT2D eigenvalue weighted by atomic mass is 32.2. The highest BCUT2D eigenvalue weighted by Gasteiger charge is 2.32. The molecule has 0 saturated carbocycles. The molecule has 3 aromatic rings. The average molecular weight is 425 g/mol. The second kappa shape index (κ2) is 8.81. The molecule has 1 atom stereocenters. The standard InChI is InChI=1S/C22H24N4O3S/c27-22(23-16-17-6-8-18(9-7-17)20-10-11-24-25-20)21(19-4-2-1-3-5-19)26-12-14-30(28,29)15-13-26/h1-11,21H,12-16H2,(H,23,27)(H,24,25). The smallest absolute Gasteiger partial charge is 0.242 e. The Bertz CT molecular complexity index is 1070. The van der Waals surface area contributed by atoms with E-state index in [1.807, 2.05) is 65.6 Å². The summed E-state index contributed by atoms with van der Waals surface area (Å²) in [6, 6.07) is 18.8. The van der Waals surface area contributed by atoms with E-state index >= 15 is 0 Å². The summed E-state index contributed by atoms with van der Waals surface area (Å²) in [6.07, 6.45) is 1.71. The lowest BCUT2D eigenvalue weighted by atomic mass is 10.0. The Balaban J connectivity index is 1.45. The van der Waals surface area contributed by atoms with Gasteiger partial charge in [-0.15, -0.1) is 0 Å². The maximum atomic E-state index is 13.1. The van der Waals surface area contributed by atoms with Crippen molar-refractivity contribution < 1.29 is 13.2 Å². The molecule has 2 heterocycles. The van der Waals surface area contributed by atoms with Gasteiger partial charge in [0.25, 0.3) is 0 Å². The molecule has 1 aliphatic heterocycles. The van der Waals surface area contributed by atoms with Crippen LogP contribution in [0.5, 0.6) is 0 Å². The van der Waals surface area contributed by atoms with Crippen molar-refractivity contribution in [2.24, 2.45) is 0 Å². The molecule has 1 saturated heterocycles. The Morgan fingerprint density at radius 1 is 1.03 bits per heavy atom. The van der Waals surface area contributed by atoms with Crippen LogP contribution in [-0.4, -0.2) is 54.0 Å². The molecule has 0 bridgehead atoms. The number of carbonyl (C=O) groups excluding carboxylic acids is 1. The fraction of sp³-hybridized carbons (Fsp3) is 0.273. The Hall–Kier alpha value is -2.97. The molecule has 2 aromatic carbocycles. The van der Waals surface area contributed by atoms with Gasteiger partial charge in [0.2, 0.25) is 5.91 Å². The number of nitrogens with one attached hydrogen (secondary N) is 2. The molecular formula is C22H24N4O3S. The molecule has 8 heteroatoms. The lowest BCUT2D eigenvalue weighted by Crippen LogP contribution is -2.47. The van der Waals surface area contributed by atoms with Gasteiger partial charge in [0.05, 0.1) is 17.2 Å². The van der Waals surface area contributed by atoms with Gasteiger partial charge in [-0.2, -0.15) is 5.10 Å². The number of H-pyrrole nitrogens is 1. The van der Waals surface area contributed by atoms with Gasteiger partial charge >= 0.3 is 0 Å². The normalized spacial score (nSPS) is 17.3. The first-order valence-corrected chi connectivity index (χ1v) is 11.7. The SMILES string of the molecule is O=C(NCc1ccc(-c2ccn[nH]2)cc1)C(c1ccccc1)N1CCS(=O)(=O)CC1. The first kappa shape index (κ1) is 20.3. The van der Waals surface area contributed by atoms with E-state index in [-0.39, 0.29) is 17.4 Å². The van der Waals surface area contributed by atoms with Crippen molar-refractivity contribution in [3.05, 3.63) is 78.0 Å². The fourth-order valence-electron chi connectivity index (χ4n) is 3.65. The van der Waals surface area contributed by atoms with Gasteiger partial charge in [-0.1, -0.05) is 54.6 Å². The number of benzene rings is 2. The van der Waals surface area contributed by atoms with Crippen molar-refractivity contribution >= 4 is 15.7 Å². The third-order valence-electron chi connectivity index (χ3n) is 5.34. The Morgan fingerprint density at radius 3 is 2.37 bits per heavy atom. The van der Waals surface area contributed by atoms with Crippen LogP contribution < -0.4 is 5.32 Å². The van der Waals surface area contributed by atoms with Crippen molar-refractivity contribution in [2.45, 2.75) is 12.6 Å². The van der Waals surface area contributed by atoms with E-state index in [1.165, 1.54) is 0 Å². The largest absolute Gasteiger partial charge is 0.350 e. The lowest BCUT2D eigenvalue weighted by molar-refractivity contribution is -0.126. The molecule has 156 valence electrons. The third-order valence-corrected chi connectivity index (χ3v) is 6.95. The molecule has 0 aliphatic carbocycles. The minimum absolute atomic E-state index is 0.0820. The zero-order chi connectivity index (χ0) is 21.0. The van der Waals surface area contributed by atoms with Crippen molar-refractivity contribution in [1.29, 1.82) is 0 Å². The number of nitrogens with zero attached hydrogens (tertiary/aromatic N) is 2. The minimum atomic E-state index is -3.02. The Labute approximate surface area is 176 Å². The van der Waals surface area contributed by atoms with Gasteiger partial charge in [-0.05, 0) is 22.8 Å². The van der Waals surface area contributed by atoms with Crippen LogP contribution in [-0.2, 0) is 21.2 Å². The van der Waals surface area contributed by atoms with Crippen LogP contribution in [0.4, 0.5) is 0 Å². The summed E-state index contributed by atoms with van der Waals surface area (Å²) in [6.45, 7) is 1.11. The van der Waals surface area contributed by atoms with E-state index in [4.69, 9.17) is 0 Å². The van der Waals surface area contributed by atoms with Crippen molar-refractivity contribution in [1.82, 2.24) is 20.4 Å². The van der Waals surface area contributed by atoms with Crippen LogP contribution in [0, 0.1) is 0 Å². The van der Waals surface area contributed by atoms with E-state index in [1.54, 1.807) is 6.20 Å². The molecule has 2 N–H and O–H groups in total. The molecule has 7 nitrogen and oxygen atoms in total. The van der Waals surface area contributed by atoms with E-state index in [0.29, 0.717) is 19.6 Å². The van der Waals surface area contributed by atoms with Gasteiger partial charge in [-0.3, -0.25) is 14.8 Å². The summed E-state index contributed by atoms with van der Waals surface area (Å²) in [5, 5.41) is 9.91. The summed E-state index contributed by atoms with van der Waals surface area (Å²) in [5.74, 6) is 0.0373. The quantitative estimate of drug-likeness (QED) is 0.632. The van der Waals surface area contributed by atoms with Crippen molar-refractivity contribution in [3.8, 4) is 11.3 Å². The monoisotopic (exact) mass is 424 g/mol. The summed E-state index contributed by atoms with van der Waals surface area (Å²) in [5.41, 5.74) is 3.82. The van der Waals surface area contributed by atoms with E-state index in [9.17, 15) is 13.2 Å². The molecule has 0 radical (unpaired) electrons. The maximum Gasteiger partial charge on any atom is 0.242 e. The number of amides is 1. The van der Waals surface area contributed by atoms with E-state index in [0.717, 1.165) is 22.4 Å². The second-order valence-corrected chi connectivity index (χ2v) is 9.69. The predicted molar refractivity (Wildman–Crippen MR) is 115 cm³/mol. The molecule has 1 unspecified atom stereocenters. The Morgan fingerprint density at radius 2 is 1.73 bits per heavy atom. The van der Waals surface area contributed by atoms with Crippen LogP contribution in [0.3, 0.4) is 0 Å². The number of rotatable bonds is 6. The number of hydrogen-bond donors (Lipinski definition) is 2. The van der Waals surface area contributed by atoms with E-state index in [2.05, 4.69) is 15.5 Å². The molecule has 1 aliphatic rings. The minimum Gasteiger partial charge on any atom is -0.350 e. The van der Waals surface area contributed by atoms with Gasteiger partial charge in [0.15, 0.2) is 9.84 Å². The first-order valence-electron chi connectivity index (χ1n) is 9.88. The second-order valence-electron chi connectivity index (χ2n) is 7.39. The number of aromatic amines is 1. The van der Waals surface area contributed by atoms with Crippen LogP contribution in [0.15, 0.2) is 66.9 Å². The third kappa shape index (κ3) is 4.77. The zero-order valence-electron chi connectivity index (χ0n) is 16.5. The van der Waals surface area contributed by atoms with Crippen LogP contribution >= 0.6 is 0 Å². The molecule has 4 rings (SSSR count). The Kier molecular flexibility index (Phi) is 5.96. The summed E-state index contributed by atoms with van der Waals surface area (Å²) >= 11 is 0. The topological polar surface area (TPSA) is 95.2 Å². The van der Waals surface area contributed by atoms with Gasteiger partial charge in [-0.25, -0.2) is 8.42 Å². The van der Waals surface area contributed by atoms with Crippen LogP contribution in [0.1, 0.15) is 17.2 Å². The number of sulfone groups is 1. The zero-order valence-corrected chi connectivity index (χ0v) is 17.3. The lowest BCUT2D eigenvalue weighted by Gasteiger charge is -2.33. The maximum absolute atomic E-state index is 13.1. The van der Waals surface area contributed by atoms with Crippen molar-refractivity contribution in [2.75, 3.05) is 24.6 Å². The van der Waals surface area contributed by atoms with E-state index < -0.39 is 15.9 Å². The highest BCUT2D eigenvalue weighted by molar-refractivity contribution is 7.91. The molecular weight excluding hydrogens is 400 g/mol. The highest BCUT2D eigenvalue weighted by Crippen LogP contribution is 2.23. The summed E-state index contributed by atoms with van der Waals surface area (Å²) in [7, 11) is -3.02. The average Bonchev–Trinajstić information content (AvgIpc) is 3.30. The van der Waals surface area contributed by atoms with Gasteiger partial charge in [0.1, 0.15) is 6.04 Å². The van der Waals surface area contributed by atoms with Crippen LogP contribution in [0.25, 0.3) is 11.3 Å². The summed E-state index contributed by atoms with van der Waals surface area (Å²) < 4.78 is 23.6. The van der Waals surface area contributed by atoms with Gasteiger partial charge < -0.3 is 5.32 Å². The molecule has 1 amide bonds. The summed E-state index contributed by atoms with van der Waals surface area (Å²) in [4.78, 5) is 15.1. The molecule has 1 fully saturated rings. The molecule has 30 heavy (non-hydrogen) atoms. The molecule has 0 spiro atoms. The number of hydrogen-bond acceptors (Lipinski definition) is 5. The van der Waals surface area contributed by atoms with Gasteiger partial charge in [0, 0.05) is 25.8 Å².